The minimum atomic E-state index is -0.157. The average Bonchev–Trinajstić information content (AvgIpc) is 2.68. The van der Waals surface area contributed by atoms with Crippen molar-refractivity contribution in [2.24, 2.45) is 0 Å². The predicted molar refractivity (Wildman–Crippen MR) is 71.7 cm³/mol. The molecule has 4 heteroatoms. The van der Waals surface area contributed by atoms with Gasteiger partial charge in [0.15, 0.2) is 5.11 Å². The Morgan fingerprint density at radius 3 is 2.56 bits per heavy atom. The second kappa shape index (κ2) is 6.40. The van der Waals surface area contributed by atoms with Gasteiger partial charge in [0.1, 0.15) is 0 Å². The fourth-order valence-corrected chi connectivity index (χ4v) is 2.28. The zero-order valence-corrected chi connectivity index (χ0v) is 11.5. The maximum absolute atomic E-state index is 5.60. The third-order valence-electron chi connectivity index (χ3n) is 2.90. The SMILES string of the molecule is CCOC(C)(C)CNC(=S)NC1CCCC1. The molecule has 0 saturated heterocycles. The highest BCUT2D eigenvalue weighted by atomic mass is 32.1. The van der Waals surface area contributed by atoms with Crippen LogP contribution in [0.3, 0.4) is 0 Å². The first kappa shape index (κ1) is 13.7. The van der Waals surface area contributed by atoms with E-state index in [0.717, 1.165) is 18.3 Å². The van der Waals surface area contributed by atoms with Crippen LogP contribution in [0.25, 0.3) is 0 Å². The zero-order chi connectivity index (χ0) is 12.0. The lowest BCUT2D eigenvalue weighted by Gasteiger charge is -2.26. The number of hydrogen-bond donors (Lipinski definition) is 2. The standard InChI is InChI=1S/C12H24N2OS/c1-4-15-12(2,3)9-13-11(16)14-10-7-5-6-8-10/h10H,4-9H2,1-3H3,(H2,13,14,16). The van der Waals surface area contributed by atoms with E-state index in [1.807, 2.05) is 6.92 Å². The van der Waals surface area contributed by atoms with Crippen molar-refractivity contribution in [1.29, 1.82) is 0 Å². The molecule has 0 spiro atoms. The molecule has 1 aliphatic rings. The van der Waals surface area contributed by atoms with Crippen LogP contribution in [-0.2, 0) is 4.74 Å². The molecule has 3 nitrogen and oxygen atoms in total. The Labute approximate surface area is 104 Å². The molecule has 0 atom stereocenters. The number of nitrogens with one attached hydrogen (secondary N) is 2. The molecule has 0 aromatic rings. The minimum Gasteiger partial charge on any atom is -0.374 e. The summed E-state index contributed by atoms with van der Waals surface area (Å²) in [7, 11) is 0. The van der Waals surface area contributed by atoms with Gasteiger partial charge in [0.05, 0.1) is 5.60 Å². The van der Waals surface area contributed by atoms with Gasteiger partial charge in [-0.2, -0.15) is 0 Å². The van der Waals surface area contributed by atoms with Gasteiger partial charge in [-0.15, -0.1) is 0 Å². The summed E-state index contributed by atoms with van der Waals surface area (Å²) in [5, 5.41) is 7.35. The van der Waals surface area contributed by atoms with Crippen molar-refractivity contribution in [3.63, 3.8) is 0 Å². The average molecular weight is 244 g/mol. The van der Waals surface area contributed by atoms with Gasteiger partial charge in [-0.1, -0.05) is 12.8 Å². The Morgan fingerprint density at radius 1 is 1.38 bits per heavy atom. The van der Waals surface area contributed by atoms with Crippen molar-refractivity contribution in [2.75, 3.05) is 13.2 Å². The molecule has 0 aromatic carbocycles. The number of thiocarbonyl (C=S) groups is 1. The van der Waals surface area contributed by atoms with E-state index in [2.05, 4.69) is 24.5 Å². The van der Waals surface area contributed by atoms with Gasteiger partial charge in [-0.25, -0.2) is 0 Å². The smallest absolute Gasteiger partial charge is 0.166 e. The van der Waals surface area contributed by atoms with Gasteiger partial charge in [0, 0.05) is 19.2 Å². The second-order valence-corrected chi connectivity index (χ2v) is 5.41. The van der Waals surface area contributed by atoms with Crippen LogP contribution in [0.2, 0.25) is 0 Å². The van der Waals surface area contributed by atoms with Crippen molar-refractivity contribution in [3.05, 3.63) is 0 Å². The lowest BCUT2D eigenvalue weighted by molar-refractivity contribution is -0.00575. The number of ether oxygens (including phenoxy) is 1. The van der Waals surface area contributed by atoms with Crippen LogP contribution in [0.15, 0.2) is 0 Å². The zero-order valence-electron chi connectivity index (χ0n) is 10.6. The Balaban J connectivity index is 2.18. The summed E-state index contributed by atoms with van der Waals surface area (Å²) in [6.07, 6.45) is 5.14. The number of hydrogen-bond acceptors (Lipinski definition) is 2. The largest absolute Gasteiger partial charge is 0.374 e. The Bertz CT molecular complexity index is 225. The molecule has 2 N–H and O–H groups in total. The summed E-state index contributed by atoms with van der Waals surface area (Å²) in [5.41, 5.74) is -0.157. The van der Waals surface area contributed by atoms with Gasteiger partial charge >= 0.3 is 0 Å². The third-order valence-corrected chi connectivity index (χ3v) is 3.16. The maximum Gasteiger partial charge on any atom is 0.166 e. The van der Waals surface area contributed by atoms with Crippen molar-refractivity contribution in [1.82, 2.24) is 10.6 Å². The molecule has 1 saturated carbocycles. The van der Waals surface area contributed by atoms with Crippen LogP contribution in [0.1, 0.15) is 46.5 Å². The Kier molecular flexibility index (Phi) is 5.49. The van der Waals surface area contributed by atoms with E-state index in [9.17, 15) is 0 Å². The van der Waals surface area contributed by atoms with E-state index >= 15 is 0 Å². The Hall–Kier alpha value is -0.350. The molecule has 0 bridgehead atoms. The highest BCUT2D eigenvalue weighted by Crippen LogP contribution is 2.17. The lowest BCUT2D eigenvalue weighted by atomic mass is 10.1. The normalized spacial score (nSPS) is 17.4. The van der Waals surface area contributed by atoms with E-state index in [1.54, 1.807) is 0 Å². The highest BCUT2D eigenvalue weighted by molar-refractivity contribution is 7.80. The molecule has 0 amide bonds. The van der Waals surface area contributed by atoms with Crippen molar-refractivity contribution < 1.29 is 4.74 Å². The van der Waals surface area contributed by atoms with Crippen LogP contribution in [0.5, 0.6) is 0 Å². The molecule has 1 aliphatic carbocycles. The van der Waals surface area contributed by atoms with Gasteiger partial charge in [0.2, 0.25) is 0 Å². The molecule has 0 unspecified atom stereocenters. The van der Waals surface area contributed by atoms with E-state index in [4.69, 9.17) is 17.0 Å². The second-order valence-electron chi connectivity index (χ2n) is 5.00. The van der Waals surface area contributed by atoms with Crippen LogP contribution >= 0.6 is 12.2 Å². The Morgan fingerprint density at radius 2 is 2.00 bits per heavy atom. The molecule has 94 valence electrons. The van der Waals surface area contributed by atoms with Crippen molar-refractivity contribution in [3.8, 4) is 0 Å². The molecular formula is C12H24N2OS. The van der Waals surface area contributed by atoms with Crippen LogP contribution < -0.4 is 10.6 Å². The maximum atomic E-state index is 5.60. The van der Waals surface area contributed by atoms with Crippen molar-refractivity contribution >= 4 is 17.3 Å². The molecule has 0 aromatic heterocycles. The van der Waals surface area contributed by atoms with Crippen LogP contribution in [0.4, 0.5) is 0 Å². The first-order valence-corrected chi connectivity index (χ1v) is 6.62. The van der Waals surface area contributed by atoms with E-state index in [1.165, 1.54) is 25.7 Å². The minimum absolute atomic E-state index is 0.157. The van der Waals surface area contributed by atoms with Gasteiger partial charge in [-0.05, 0) is 45.8 Å². The predicted octanol–water partition coefficient (Wildman–Crippen LogP) is 2.21. The topological polar surface area (TPSA) is 33.3 Å². The fraction of sp³-hybridized carbons (Fsp3) is 0.917. The van der Waals surface area contributed by atoms with E-state index < -0.39 is 0 Å². The highest BCUT2D eigenvalue weighted by Gasteiger charge is 2.19. The summed E-state index contributed by atoms with van der Waals surface area (Å²) in [6.45, 7) is 7.64. The quantitative estimate of drug-likeness (QED) is 0.727. The van der Waals surface area contributed by atoms with Gasteiger partial charge in [0.25, 0.3) is 0 Å². The summed E-state index contributed by atoms with van der Waals surface area (Å²) < 4.78 is 5.60. The summed E-state index contributed by atoms with van der Waals surface area (Å²) in [4.78, 5) is 0. The molecule has 0 heterocycles. The van der Waals surface area contributed by atoms with Crippen molar-refractivity contribution in [2.45, 2.75) is 58.1 Å². The molecule has 1 rings (SSSR count). The first-order chi connectivity index (χ1) is 7.53. The lowest BCUT2D eigenvalue weighted by Crippen LogP contribution is -2.46. The van der Waals surface area contributed by atoms with E-state index in [0.29, 0.717) is 6.04 Å². The summed E-state index contributed by atoms with van der Waals surface area (Å²) in [5.74, 6) is 0. The summed E-state index contributed by atoms with van der Waals surface area (Å²) in [6, 6.07) is 0.579. The molecule has 1 fully saturated rings. The van der Waals surface area contributed by atoms with Crippen LogP contribution in [-0.4, -0.2) is 29.9 Å². The van der Waals surface area contributed by atoms with Crippen LogP contribution in [0, 0.1) is 0 Å². The van der Waals surface area contributed by atoms with Gasteiger partial charge < -0.3 is 15.4 Å². The summed E-state index contributed by atoms with van der Waals surface area (Å²) >= 11 is 5.27. The molecule has 0 radical (unpaired) electrons. The van der Waals surface area contributed by atoms with E-state index in [-0.39, 0.29) is 5.60 Å². The molecule has 16 heavy (non-hydrogen) atoms. The first-order valence-electron chi connectivity index (χ1n) is 6.22. The third kappa shape index (κ3) is 5.12. The monoisotopic (exact) mass is 244 g/mol. The molecule has 0 aliphatic heterocycles. The molecular weight excluding hydrogens is 220 g/mol. The number of rotatable bonds is 5. The fourth-order valence-electron chi connectivity index (χ4n) is 2.04. The van der Waals surface area contributed by atoms with Gasteiger partial charge in [-0.3, -0.25) is 0 Å².